The lowest BCUT2D eigenvalue weighted by atomic mass is 9.67. The van der Waals surface area contributed by atoms with E-state index in [4.69, 9.17) is 0 Å². The van der Waals surface area contributed by atoms with Crippen LogP contribution in [0.2, 0.25) is 0 Å². The number of hydrogen-bond donors (Lipinski definition) is 4. The minimum Gasteiger partial charge on any atom is -0.389 e. The molecule has 12 bridgehead atoms. The number of hydrogen-bond acceptors (Lipinski definition) is 4. The van der Waals surface area contributed by atoms with E-state index in [2.05, 4.69) is 121 Å². The van der Waals surface area contributed by atoms with Gasteiger partial charge in [-0.15, -0.1) is 0 Å². The molecule has 0 spiro atoms. The third-order valence-corrected chi connectivity index (χ3v) is 21.1. The molecule has 70 heavy (non-hydrogen) atoms. The molecule has 4 aromatic carbocycles. The van der Waals surface area contributed by atoms with Gasteiger partial charge in [0.1, 0.15) is 0 Å². The number of rotatable bonds is 4. The zero-order valence-corrected chi connectivity index (χ0v) is 41.9. The summed E-state index contributed by atoms with van der Waals surface area (Å²) < 4.78 is 0. The van der Waals surface area contributed by atoms with Crippen LogP contribution in [0.5, 0.6) is 0 Å². The maximum atomic E-state index is 11.8. The van der Waals surface area contributed by atoms with Crippen LogP contribution in [-0.4, -0.2) is 44.8 Å². The largest absolute Gasteiger partial charge is 0.389 e. The van der Waals surface area contributed by atoms with Crippen LogP contribution >= 0.6 is 0 Å². The third-order valence-electron chi connectivity index (χ3n) is 21.1. The predicted octanol–water partition coefficient (Wildman–Crippen LogP) is 14.2. The molecule has 0 saturated heterocycles. The molecule has 0 radical (unpaired) electrons. The summed E-state index contributed by atoms with van der Waals surface area (Å²) in [5, 5.41) is 47.0. The van der Waals surface area contributed by atoms with Gasteiger partial charge in [0.15, 0.2) is 0 Å². The van der Waals surface area contributed by atoms with E-state index >= 15 is 0 Å². The first kappa shape index (κ1) is 48.5. The Hall–Kier alpha value is -3.80. The van der Waals surface area contributed by atoms with Crippen LogP contribution in [0.15, 0.2) is 146 Å². The molecule has 4 nitrogen and oxygen atoms in total. The van der Waals surface area contributed by atoms with Crippen molar-refractivity contribution >= 4 is 0 Å². The van der Waals surface area contributed by atoms with Crippen LogP contribution in [0.1, 0.15) is 162 Å². The summed E-state index contributed by atoms with van der Waals surface area (Å²) in [6, 6.07) is 45.8. The smallest absolute Gasteiger partial charge is 0.0749 e. The molecule has 12 atom stereocenters. The second-order valence-electron chi connectivity index (χ2n) is 24.3. The summed E-state index contributed by atoms with van der Waals surface area (Å²) in [6.07, 6.45) is 25.9. The van der Waals surface area contributed by atoms with Crippen LogP contribution in [0.4, 0.5) is 0 Å². The van der Waals surface area contributed by atoms with Crippen molar-refractivity contribution in [1.82, 2.24) is 0 Å². The Balaban J connectivity index is 0.865. The highest BCUT2D eigenvalue weighted by atomic mass is 16.3. The van der Waals surface area contributed by atoms with E-state index < -0.39 is 24.4 Å². The van der Waals surface area contributed by atoms with Crippen LogP contribution in [0, 0.1) is 71.0 Å². The highest BCUT2D eigenvalue weighted by molar-refractivity contribution is 5.35. The molecular formula is C66H84O4. The molecule has 372 valence electrons. The zero-order chi connectivity index (χ0) is 47.6. The summed E-state index contributed by atoms with van der Waals surface area (Å²) in [6.45, 7) is 0. The maximum absolute atomic E-state index is 11.8. The lowest BCUT2D eigenvalue weighted by Gasteiger charge is -2.38. The molecule has 0 amide bonds. The van der Waals surface area contributed by atoms with Crippen molar-refractivity contribution in [3.05, 3.63) is 168 Å². The fourth-order valence-electron chi connectivity index (χ4n) is 17.5. The molecule has 13 aliphatic carbocycles. The van der Waals surface area contributed by atoms with Crippen molar-refractivity contribution in [2.45, 2.75) is 164 Å². The summed E-state index contributed by atoms with van der Waals surface area (Å²) in [5.41, 5.74) is 5.94. The average Bonchev–Trinajstić information content (AvgIpc) is 4.03. The van der Waals surface area contributed by atoms with Gasteiger partial charge in [0.25, 0.3) is 0 Å². The first-order valence-corrected chi connectivity index (χ1v) is 28.7. The molecule has 6 fully saturated rings. The van der Waals surface area contributed by atoms with E-state index in [-0.39, 0.29) is 23.7 Å². The monoisotopic (exact) mass is 941 g/mol. The Kier molecular flexibility index (Phi) is 15.3. The third kappa shape index (κ3) is 10.2. The highest BCUT2D eigenvalue weighted by Gasteiger charge is 2.52. The molecule has 13 aliphatic rings. The van der Waals surface area contributed by atoms with E-state index in [1.54, 1.807) is 0 Å². The predicted molar refractivity (Wildman–Crippen MR) is 284 cm³/mol. The van der Waals surface area contributed by atoms with Gasteiger partial charge in [0.05, 0.1) is 24.4 Å². The van der Waals surface area contributed by atoms with Crippen molar-refractivity contribution in [3.63, 3.8) is 0 Å². The minimum atomic E-state index is -0.513. The topological polar surface area (TPSA) is 80.9 Å². The Morgan fingerprint density at radius 1 is 0.229 bits per heavy atom. The van der Waals surface area contributed by atoms with Crippen LogP contribution in [0.3, 0.4) is 0 Å². The second-order valence-corrected chi connectivity index (χ2v) is 24.3. The summed E-state index contributed by atoms with van der Waals surface area (Å²) >= 11 is 0. The van der Waals surface area contributed by atoms with Crippen molar-refractivity contribution < 1.29 is 20.4 Å². The number of aliphatic hydroxyl groups is 4. The van der Waals surface area contributed by atoms with Gasteiger partial charge in [0.2, 0.25) is 0 Å². The molecule has 4 aromatic rings. The zero-order valence-electron chi connectivity index (χ0n) is 41.9. The van der Waals surface area contributed by atoms with E-state index in [0.29, 0.717) is 71.0 Å². The van der Waals surface area contributed by atoms with Crippen molar-refractivity contribution in [1.29, 1.82) is 0 Å². The van der Waals surface area contributed by atoms with E-state index in [0.717, 1.165) is 103 Å². The SMILES string of the molecule is OC1C=CC(O)C2CCC(CC2)C2CC(C3CCC(CC3)C(O)C=CC(O)C3CCC(CC3)C3CC(C4CCC1CC4)C(c1ccccc1)C3c1ccccc1)C(c1ccccc1)C2c1ccccc1. The number of aliphatic hydroxyl groups excluding tert-OH is 4. The maximum Gasteiger partial charge on any atom is 0.0749 e. The Morgan fingerprint density at radius 3 is 0.586 bits per heavy atom. The van der Waals surface area contributed by atoms with Crippen LogP contribution in [-0.2, 0) is 0 Å². The lowest BCUT2D eigenvalue weighted by Crippen LogP contribution is -2.30. The van der Waals surface area contributed by atoms with Gasteiger partial charge in [-0.05, 0) is 233 Å². The molecule has 0 aliphatic heterocycles. The molecule has 4 N–H and O–H groups in total. The van der Waals surface area contributed by atoms with E-state index in [1.807, 2.05) is 24.3 Å². The standard InChI is InChI=1S/C66H84O4/c67-59-37-38-61(69)49-33-25-45(26-34-49)57-42-58(66(54-19-11-4-12-20-54)65(57)53-17-9-3-10-18-53)46-27-35-50(36-28-46)62(70)40-39-60(68)48-31-23-44(24-32-48)56-41-55(43-21-29-47(59)30-22-43)63(51-13-5-1-6-14-51)64(56)52-15-7-2-8-16-52/h1-20,37-40,43-50,55-70H,21-36,41-42H2. The van der Waals surface area contributed by atoms with Crippen molar-refractivity contribution in [2.75, 3.05) is 0 Å². The van der Waals surface area contributed by atoms with Gasteiger partial charge in [-0.25, -0.2) is 0 Å². The molecule has 6 saturated carbocycles. The Labute approximate surface area is 421 Å². The van der Waals surface area contributed by atoms with Crippen LogP contribution in [0.25, 0.3) is 0 Å². The van der Waals surface area contributed by atoms with Gasteiger partial charge in [-0.2, -0.15) is 0 Å². The van der Waals surface area contributed by atoms with E-state index in [9.17, 15) is 20.4 Å². The summed E-state index contributed by atoms with van der Waals surface area (Å²) in [4.78, 5) is 0. The second kappa shape index (κ2) is 22.1. The van der Waals surface area contributed by atoms with E-state index in [1.165, 1.54) is 35.1 Å². The molecule has 12 unspecified atom stereocenters. The quantitative estimate of drug-likeness (QED) is 0.154. The van der Waals surface area contributed by atoms with Gasteiger partial charge in [-0.1, -0.05) is 146 Å². The van der Waals surface area contributed by atoms with Gasteiger partial charge in [0, 0.05) is 0 Å². The molecule has 0 heterocycles. The Bertz CT molecular complexity index is 1940. The van der Waals surface area contributed by atoms with Crippen LogP contribution < -0.4 is 0 Å². The van der Waals surface area contributed by atoms with Gasteiger partial charge >= 0.3 is 0 Å². The van der Waals surface area contributed by atoms with Crippen molar-refractivity contribution in [3.8, 4) is 0 Å². The summed E-state index contributed by atoms with van der Waals surface area (Å²) in [7, 11) is 0. The normalized spacial score (nSPS) is 41.4. The summed E-state index contributed by atoms with van der Waals surface area (Å²) in [5.74, 6) is 7.66. The molecule has 4 heteroatoms. The number of benzene rings is 4. The molecule has 0 aromatic heterocycles. The lowest BCUT2D eigenvalue weighted by molar-refractivity contribution is 0.0778. The van der Waals surface area contributed by atoms with Crippen molar-refractivity contribution in [2.24, 2.45) is 71.0 Å². The van der Waals surface area contributed by atoms with Gasteiger partial charge in [-0.3, -0.25) is 0 Å². The fourth-order valence-corrected chi connectivity index (χ4v) is 17.5. The Morgan fingerprint density at radius 2 is 0.400 bits per heavy atom. The minimum absolute atomic E-state index is 0.239. The average molecular weight is 941 g/mol. The molecular weight excluding hydrogens is 857 g/mol. The van der Waals surface area contributed by atoms with Gasteiger partial charge < -0.3 is 20.4 Å². The first-order valence-electron chi connectivity index (χ1n) is 28.7. The first-order chi connectivity index (χ1) is 34.4. The highest BCUT2D eigenvalue weighted by Crippen LogP contribution is 2.63. The molecule has 17 rings (SSSR count). The fraction of sp³-hybridized carbons (Fsp3) is 0.576.